The number of carbonyl (C=O) groups excluding carboxylic acids is 1. The van der Waals surface area contributed by atoms with Crippen LogP contribution in [0.4, 0.5) is 0 Å². The van der Waals surface area contributed by atoms with Crippen molar-refractivity contribution in [1.82, 2.24) is 20.2 Å². The van der Waals surface area contributed by atoms with E-state index in [0.29, 0.717) is 23.0 Å². The summed E-state index contributed by atoms with van der Waals surface area (Å²) in [5.41, 5.74) is 6.30. The van der Waals surface area contributed by atoms with Crippen molar-refractivity contribution in [2.75, 3.05) is 0 Å². The van der Waals surface area contributed by atoms with Crippen LogP contribution in [0.25, 0.3) is 10.8 Å². The number of rotatable bonds is 5. The van der Waals surface area contributed by atoms with E-state index in [4.69, 9.17) is 0 Å². The lowest BCUT2D eigenvalue weighted by Gasteiger charge is -2.10. The van der Waals surface area contributed by atoms with E-state index in [-0.39, 0.29) is 11.3 Å². The molecule has 2 aromatic heterocycles. The molecular weight excluding hydrogens is 342 g/mol. The lowest BCUT2D eigenvalue weighted by Crippen LogP contribution is -2.29. The second-order valence-corrected chi connectivity index (χ2v) is 6.53. The van der Waals surface area contributed by atoms with Crippen LogP contribution in [0.2, 0.25) is 0 Å². The molecule has 0 aliphatic carbocycles. The van der Waals surface area contributed by atoms with Crippen LogP contribution < -0.4 is 11.0 Å². The Morgan fingerprint density at radius 2 is 1.96 bits per heavy atom. The van der Waals surface area contributed by atoms with Crippen LogP contribution in [-0.4, -0.2) is 26.4 Å². The molecule has 1 aromatic carbocycles. The number of hydrogen-bond acceptors (Lipinski definition) is 4. The summed E-state index contributed by atoms with van der Waals surface area (Å²) in [5.74, 6) is -0.443. The summed E-state index contributed by atoms with van der Waals surface area (Å²) in [6.07, 6.45) is 2.65. The van der Waals surface area contributed by atoms with Gasteiger partial charge in [-0.05, 0) is 38.8 Å². The average Bonchev–Trinajstić information content (AvgIpc) is 3.00. The van der Waals surface area contributed by atoms with Gasteiger partial charge < -0.3 is 4.98 Å². The van der Waals surface area contributed by atoms with E-state index in [9.17, 15) is 9.59 Å². The number of nitrogens with zero attached hydrogens (tertiary/aromatic N) is 3. The summed E-state index contributed by atoms with van der Waals surface area (Å²) < 4.78 is 1.34. The average molecular weight is 365 g/mol. The van der Waals surface area contributed by atoms with Crippen LogP contribution in [0.3, 0.4) is 0 Å². The quantitative estimate of drug-likeness (QED) is 0.538. The van der Waals surface area contributed by atoms with Gasteiger partial charge in [0.2, 0.25) is 0 Å². The van der Waals surface area contributed by atoms with Gasteiger partial charge in [-0.2, -0.15) is 10.2 Å². The molecule has 0 fully saturated rings. The maximum absolute atomic E-state index is 12.8. The standard InChI is InChI=1S/C20H23N5O2/c1-5-10-25-20(27)16-9-7-6-8-15(16)18(24-25)19(26)23-22-14(4)17-12(2)11-21-13(17)3/h6-9,11,21H,5,10H2,1-4H3,(H,23,26)/b22-14+. The lowest BCUT2D eigenvalue weighted by molar-refractivity contribution is 0.0949. The van der Waals surface area contributed by atoms with Gasteiger partial charge in [0.1, 0.15) is 0 Å². The summed E-state index contributed by atoms with van der Waals surface area (Å²) in [6, 6.07) is 7.00. The highest BCUT2D eigenvalue weighted by molar-refractivity contribution is 6.06. The minimum absolute atomic E-state index is 0.192. The van der Waals surface area contributed by atoms with Gasteiger partial charge in [0, 0.05) is 29.4 Å². The van der Waals surface area contributed by atoms with E-state index in [1.165, 1.54) is 4.68 Å². The maximum atomic E-state index is 12.8. The zero-order valence-electron chi connectivity index (χ0n) is 16.0. The summed E-state index contributed by atoms with van der Waals surface area (Å²) in [4.78, 5) is 28.4. The van der Waals surface area contributed by atoms with Crippen LogP contribution >= 0.6 is 0 Å². The molecule has 0 saturated carbocycles. The lowest BCUT2D eigenvalue weighted by atomic mass is 10.1. The summed E-state index contributed by atoms with van der Waals surface area (Å²) in [6.45, 7) is 8.19. The van der Waals surface area contributed by atoms with Crippen LogP contribution in [0.15, 0.2) is 40.4 Å². The molecule has 0 unspecified atom stereocenters. The molecule has 7 heteroatoms. The predicted molar refractivity (Wildman–Crippen MR) is 106 cm³/mol. The minimum atomic E-state index is -0.443. The SMILES string of the molecule is CCCn1nc(C(=O)N/N=C(\C)c2c(C)c[nH]c2C)c2ccccc2c1=O. The van der Waals surface area contributed by atoms with Crippen molar-refractivity contribution < 1.29 is 4.79 Å². The van der Waals surface area contributed by atoms with E-state index in [2.05, 4.69) is 20.6 Å². The highest BCUT2D eigenvalue weighted by Gasteiger charge is 2.16. The van der Waals surface area contributed by atoms with Crippen molar-refractivity contribution in [2.24, 2.45) is 5.10 Å². The second kappa shape index (κ2) is 7.57. The van der Waals surface area contributed by atoms with Crippen molar-refractivity contribution in [3.05, 3.63) is 63.3 Å². The fourth-order valence-corrected chi connectivity index (χ4v) is 3.22. The zero-order chi connectivity index (χ0) is 19.6. The Kier molecular flexibility index (Phi) is 5.21. The van der Waals surface area contributed by atoms with E-state index in [1.807, 2.05) is 33.9 Å². The Hall–Kier alpha value is -3.22. The fraction of sp³-hybridized carbons (Fsp3) is 0.300. The number of amides is 1. The second-order valence-electron chi connectivity index (χ2n) is 6.53. The molecule has 0 spiro atoms. The first kappa shape index (κ1) is 18.6. The van der Waals surface area contributed by atoms with Crippen molar-refractivity contribution in [2.45, 2.75) is 40.7 Å². The topological polar surface area (TPSA) is 92.1 Å². The van der Waals surface area contributed by atoms with Crippen LogP contribution in [0.1, 0.15) is 47.6 Å². The number of aromatic nitrogens is 3. The molecule has 7 nitrogen and oxygen atoms in total. The third-order valence-electron chi connectivity index (χ3n) is 4.48. The molecule has 0 atom stereocenters. The molecule has 0 aliphatic heterocycles. The van der Waals surface area contributed by atoms with Gasteiger partial charge in [-0.3, -0.25) is 9.59 Å². The molecule has 3 aromatic rings. The number of benzene rings is 1. The van der Waals surface area contributed by atoms with Crippen molar-refractivity contribution in [1.29, 1.82) is 0 Å². The van der Waals surface area contributed by atoms with Gasteiger partial charge >= 0.3 is 0 Å². The number of fused-ring (bicyclic) bond motifs is 1. The smallest absolute Gasteiger partial charge is 0.292 e. The number of aromatic amines is 1. The van der Waals surface area contributed by atoms with Crippen LogP contribution in [-0.2, 0) is 6.54 Å². The molecule has 3 rings (SSSR count). The molecule has 1 amide bonds. The van der Waals surface area contributed by atoms with Crippen molar-refractivity contribution >= 4 is 22.4 Å². The first-order chi connectivity index (χ1) is 12.9. The number of nitrogens with one attached hydrogen (secondary N) is 2. The normalized spacial score (nSPS) is 11.8. The van der Waals surface area contributed by atoms with Crippen LogP contribution in [0, 0.1) is 13.8 Å². The van der Waals surface area contributed by atoms with E-state index in [1.54, 1.807) is 24.3 Å². The molecule has 0 saturated heterocycles. The monoisotopic (exact) mass is 365 g/mol. The first-order valence-electron chi connectivity index (χ1n) is 8.93. The third kappa shape index (κ3) is 3.53. The Bertz CT molecular complexity index is 1070. The number of aryl methyl sites for hydroxylation is 3. The Morgan fingerprint density at radius 3 is 2.59 bits per heavy atom. The predicted octanol–water partition coefficient (Wildman–Crippen LogP) is 2.91. The van der Waals surface area contributed by atoms with Crippen LogP contribution in [0.5, 0.6) is 0 Å². The van der Waals surface area contributed by atoms with Gasteiger partial charge in [0.25, 0.3) is 11.5 Å². The Balaban J connectivity index is 2.00. The molecule has 0 radical (unpaired) electrons. The molecule has 2 heterocycles. The van der Waals surface area contributed by atoms with Gasteiger partial charge in [-0.1, -0.05) is 25.1 Å². The van der Waals surface area contributed by atoms with Gasteiger partial charge in [0.15, 0.2) is 5.69 Å². The minimum Gasteiger partial charge on any atom is -0.364 e. The molecule has 2 N–H and O–H groups in total. The summed E-state index contributed by atoms with van der Waals surface area (Å²) >= 11 is 0. The van der Waals surface area contributed by atoms with Gasteiger partial charge in [0.05, 0.1) is 11.1 Å². The van der Waals surface area contributed by atoms with E-state index < -0.39 is 5.91 Å². The number of hydrazone groups is 1. The maximum Gasteiger partial charge on any atom is 0.292 e. The fourth-order valence-electron chi connectivity index (χ4n) is 3.22. The zero-order valence-corrected chi connectivity index (χ0v) is 16.0. The molecule has 140 valence electrons. The largest absolute Gasteiger partial charge is 0.364 e. The first-order valence-corrected chi connectivity index (χ1v) is 8.93. The van der Waals surface area contributed by atoms with Crippen molar-refractivity contribution in [3.63, 3.8) is 0 Å². The molecule has 0 bridgehead atoms. The third-order valence-corrected chi connectivity index (χ3v) is 4.48. The molecule has 27 heavy (non-hydrogen) atoms. The van der Waals surface area contributed by atoms with E-state index in [0.717, 1.165) is 23.2 Å². The van der Waals surface area contributed by atoms with Crippen molar-refractivity contribution in [3.8, 4) is 0 Å². The molecular formula is C20H23N5O2. The summed E-state index contributed by atoms with van der Waals surface area (Å²) in [7, 11) is 0. The number of hydrogen-bond donors (Lipinski definition) is 2. The number of carbonyl (C=O) groups is 1. The summed E-state index contributed by atoms with van der Waals surface area (Å²) in [5, 5.41) is 9.52. The number of H-pyrrole nitrogens is 1. The van der Waals surface area contributed by atoms with Gasteiger partial charge in [-0.15, -0.1) is 0 Å². The highest BCUT2D eigenvalue weighted by atomic mass is 16.2. The Labute approximate surface area is 157 Å². The highest BCUT2D eigenvalue weighted by Crippen LogP contribution is 2.15. The Morgan fingerprint density at radius 1 is 1.26 bits per heavy atom. The van der Waals surface area contributed by atoms with E-state index >= 15 is 0 Å². The molecule has 0 aliphatic rings. The van der Waals surface area contributed by atoms with Gasteiger partial charge in [-0.25, -0.2) is 10.1 Å².